The highest BCUT2D eigenvalue weighted by Crippen LogP contribution is 2.43. The maximum absolute atomic E-state index is 6.05. The highest BCUT2D eigenvalue weighted by molar-refractivity contribution is 6.30. The quantitative estimate of drug-likeness (QED) is 0.774. The maximum atomic E-state index is 6.05. The Bertz CT molecular complexity index is 383. The van der Waals surface area contributed by atoms with E-state index in [9.17, 15) is 0 Å². The van der Waals surface area contributed by atoms with Crippen LogP contribution in [-0.2, 0) is 16.9 Å². The molecule has 1 aromatic carbocycles. The van der Waals surface area contributed by atoms with E-state index in [1.807, 2.05) is 6.07 Å². The number of rotatable bonds is 0. The highest BCUT2D eigenvalue weighted by Gasteiger charge is 2.40. The van der Waals surface area contributed by atoms with Gasteiger partial charge in [-0.05, 0) is 49.2 Å². The van der Waals surface area contributed by atoms with E-state index in [1.165, 1.54) is 11.1 Å². The van der Waals surface area contributed by atoms with E-state index in [0.717, 1.165) is 37.6 Å². The summed E-state index contributed by atoms with van der Waals surface area (Å²) in [4.78, 5) is 0. The Hall–Kier alpha value is -0.280. The van der Waals surface area contributed by atoms with Crippen LogP contribution >= 0.6 is 24.0 Å². The van der Waals surface area contributed by atoms with Crippen molar-refractivity contribution in [1.82, 2.24) is 5.32 Å². The van der Waals surface area contributed by atoms with Crippen LogP contribution in [0.3, 0.4) is 0 Å². The molecule has 0 unspecified atom stereocenters. The molecule has 0 aliphatic carbocycles. The maximum Gasteiger partial charge on any atom is 0.0964 e. The SMILES string of the molecule is Cl.Clc1ccc2c(c1)C1(CCNCC1)OC2. The Morgan fingerprint density at radius 1 is 1.25 bits per heavy atom. The molecule has 1 saturated heterocycles. The molecular weight excluding hydrogens is 245 g/mol. The standard InChI is InChI=1S/C12H14ClNO.ClH/c13-10-2-1-9-8-15-12(11(9)7-10)3-5-14-6-4-12;/h1-2,7,14H,3-6,8H2;1H. The number of nitrogens with one attached hydrogen (secondary N) is 1. The zero-order valence-corrected chi connectivity index (χ0v) is 10.5. The highest BCUT2D eigenvalue weighted by atomic mass is 35.5. The smallest absolute Gasteiger partial charge is 0.0964 e. The van der Waals surface area contributed by atoms with Gasteiger partial charge in [-0.2, -0.15) is 0 Å². The molecule has 2 aliphatic heterocycles. The normalized spacial score (nSPS) is 21.6. The van der Waals surface area contributed by atoms with E-state index >= 15 is 0 Å². The van der Waals surface area contributed by atoms with Crippen molar-refractivity contribution in [1.29, 1.82) is 0 Å². The second-order valence-corrected chi connectivity index (χ2v) is 4.77. The number of halogens is 2. The first kappa shape index (κ1) is 12.2. The predicted molar refractivity (Wildman–Crippen MR) is 67.3 cm³/mol. The summed E-state index contributed by atoms with van der Waals surface area (Å²) in [6.45, 7) is 2.81. The monoisotopic (exact) mass is 259 g/mol. The largest absolute Gasteiger partial charge is 0.365 e. The molecule has 2 aliphatic rings. The fourth-order valence-electron chi connectivity index (χ4n) is 2.64. The van der Waals surface area contributed by atoms with Crippen molar-refractivity contribution >= 4 is 24.0 Å². The lowest BCUT2D eigenvalue weighted by Crippen LogP contribution is -2.39. The number of fused-ring (bicyclic) bond motifs is 2. The van der Waals surface area contributed by atoms with E-state index < -0.39 is 0 Å². The molecule has 0 saturated carbocycles. The number of ether oxygens (including phenoxy) is 1. The third-order valence-electron chi connectivity index (χ3n) is 3.48. The Kier molecular flexibility index (Phi) is 3.45. The van der Waals surface area contributed by atoms with Gasteiger partial charge in [0.2, 0.25) is 0 Å². The third-order valence-corrected chi connectivity index (χ3v) is 3.71. The molecule has 2 heterocycles. The van der Waals surface area contributed by atoms with Crippen LogP contribution in [-0.4, -0.2) is 13.1 Å². The second-order valence-electron chi connectivity index (χ2n) is 4.33. The van der Waals surface area contributed by atoms with Gasteiger partial charge in [-0.15, -0.1) is 12.4 Å². The predicted octanol–water partition coefficient (Wildman–Crippen LogP) is 2.87. The van der Waals surface area contributed by atoms with Crippen LogP contribution in [0.5, 0.6) is 0 Å². The van der Waals surface area contributed by atoms with E-state index in [-0.39, 0.29) is 18.0 Å². The van der Waals surface area contributed by atoms with E-state index in [0.29, 0.717) is 0 Å². The lowest BCUT2D eigenvalue weighted by Gasteiger charge is -2.34. The molecule has 2 nitrogen and oxygen atoms in total. The topological polar surface area (TPSA) is 21.3 Å². The summed E-state index contributed by atoms with van der Waals surface area (Å²) in [6.07, 6.45) is 2.11. The number of piperidine rings is 1. The molecule has 0 aromatic heterocycles. The van der Waals surface area contributed by atoms with Gasteiger partial charge in [0.05, 0.1) is 12.2 Å². The van der Waals surface area contributed by atoms with Crippen LogP contribution in [0.15, 0.2) is 18.2 Å². The molecule has 88 valence electrons. The van der Waals surface area contributed by atoms with Crippen LogP contribution in [0.1, 0.15) is 24.0 Å². The van der Waals surface area contributed by atoms with Crippen molar-refractivity contribution < 1.29 is 4.74 Å². The lowest BCUT2D eigenvalue weighted by molar-refractivity contribution is -0.0589. The van der Waals surface area contributed by atoms with Gasteiger partial charge in [-0.1, -0.05) is 17.7 Å². The third kappa shape index (κ3) is 1.84. The summed E-state index contributed by atoms with van der Waals surface area (Å²) in [7, 11) is 0. The van der Waals surface area contributed by atoms with Gasteiger partial charge >= 0.3 is 0 Å². The Labute approximate surface area is 107 Å². The molecule has 0 bridgehead atoms. The summed E-state index contributed by atoms with van der Waals surface area (Å²) < 4.78 is 6.01. The summed E-state index contributed by atoms with van der Waals surface area (Å²) in [6, 6.07) is 6.12. The molecule has 1 aromatic rings. The molecule has 0 atom stereocenters. The number of hydrogen-bond donors (Lipinski definition) is 1. The van der Waals surface area contributed by atoms with E-state index in [4.69, 9.17) is 16.3 Å². The Morgan fingerprint density at radius 2 is 2.00 bits per heavy atom. The van der Waals surface area contributed by atoms with Gasteiger partial charge in [-0.3, -0.25) is 0 Å². The molecule has 16 heavy (non-hydrogen) atoms. The van der Waals surface area contributed by atoms with Crippen LogP contribution in [0.2, 0.25) is 5.02 Å². The van der Waals surface area contributed by atoms with E-state index in [2.05, 4.69) is 17.4 Å². The molecule has 0 radical (unpaired) electrons. The minimum Gasteiger partial charge on any atom is -0.365 e. The number of hydrogen-bond acceptors (Lipinski definition) is 2. The van der Waals surface area contributed by atoms with Gasteiger partial charge < -0.3 is 10.1 Å². The average molecular weight is 260 g/mol. The van der Waals surface area contributed by atoms with E-state index in [1.54, 1.807) is 0 Å². The van der Waals surface area contributed by atoms with Gasteiger partial charge in [0.15, 0.2) is 0 Å². The van der Waals surface area contributed by atoms with Crippen molar-refractivity contribution in [3.05, 3.63) is 34.3 Å². The molecule has 0 amide bonds. The van der Waals surface area contributed by atoms with Crippen molar-refractivity contribution in [2.24, 2.45) is 0 Å². The number of benzene rings is 1. The minimum atomic E-state index is -0.0501. The van der Waals surface area contributed by atoms with Gasteiger partial charge in [-0.25, -0.2) is 0 Å². The molecule has 1 N–H and O–H groups in total. The van der Waals surface area contributed by atoms with Gasteiger partial charge in [0.25, 0.3) is 0 Å². The first-order valence-corrected chi connectivity index (χ1v) is 5.82. The first-order chi connectivity index (χ1) is 7.30. The zero-order chi connectivity index (χ0) is 10.3. The second kappa shape index (κ2) is 4.53. The van der Waals surface area contributed by atoms with Crippen LogP contribution in [0.4, 0.5) is 0 Å². The molecule has 3 rings (SSSR count). The van der Waals surface area contributed by atoms with Gasteiger partial charge in [0.1, 0.15) is 0 Å². The fourth-order valence-corrected chi connectivity index (χ4v) is 2.81. The first-order valence-electron chi connectivity index (χ1n) is 5.44. The minimum absolute atomic E-state index is 0. The molecule has 1 fully saturated rings. The van der Waals surface area contributed by atoms with Crippen molar-refractivity contribution in [2.75, 3.05) is 13.1 Å². The lowest BCUT2D eigenvalue weighted by atomic mass is 9.84. The van der Waals surface area contributed by atoms with Crippen molar-refractivity contribution in [2.45, 2.75) is 25.0 Å². The summed E-state index contributed by atoms with van der Waals surface area (Å²) >= 11 is 6.05. The Balaban J connectivity index is 0.000000963. The summed E-state index contributed by atoms with van der Waals surface area (Å²) in [5.74, 6) is 0. The molecule has 4 heteroatoms. The molecule has 1 spiro atoms. The van der Waals surface area contributed by atoms with Crippen LogP contribution in [0.25, 0.3) is 0 Å². The summed E-state index contributed by atoms with van der Waals surface area (Å²) in [5, 5.41) is 4.19. The fraction of sp³-hybridized carbons (Fsp3) is 0.500. The van der Waals surface area contributed by atoms with Gasteiger partial charge in [0, 0.05) is 5.02 Å². The van der Waals surface area contributed by atoms with Crippen molar-refractivity contribution in [3.8, 4) is 0 Å². The Morgan fingerprint density at radius 3 is 2.75 bits per heavy atom. The summed E-state index contributed by atoms with van der Waals surface area (Å²) in [5.41, 5.74) is 2.57. The molecular formula is C12H15Cl2NO. The average Bonchev–Trinajstić information content (AvgIpc) is 2.59. The van der Waals surface area contributed by atoms with Crippen LogP contribution < -0.4 is 5.32 Å². The zero-order valence-electron chi connectivity index (χ0n) is 8.96. The van der Waals surface area contributed by atoms with Crippen LogP contribution in [0, 0.1) is 0 Å². The van der Waals surface area contributed by atoms with Crippen molar-refractivity contribution in [3.63, 3.8) is 0 Å².